The lowest BCUT2D eigenvalue weighted by molar-refractivity contribution is -0.130. The molecule has 9 nitrogen and oxygen atoms in total. The summed E-state index contributed by atoms with van der Waals surface area (Å²) in [7, 11) is -2.98. The Hall–Kier alpha value is -3.44. The first kappa shape index (κ1) is 30.5. The van der Waals surface area contributed by atoms with E-state index in [1.807, 2.05) is 48.5 Å². The van der Waals surface area contributed by atoms with E-state index in [4.69, 9.17) is 9.42 Å². The number of rotatable bonds is 13. The van der Waals surface area contributed by atoms with E-state index in [1.54, 1.807) is 9.80 Å². The SMILES string of the molecule is O=C(CCCCC(=O)N1Cc2ccccc2C#Cc2ccccc21)NCCCCCC(=O)N1CC[C@@H](O[PH](=O)O)C1. The summed E-state index contributed by atoms with van der Waals surface area (Å²) in [6, 6.07) is 15.6. The molecule has 1 fully saturated rings. The van der Waals surface area contributed by atoms with Gasteiger partial charge in [0.1, 0.15) is 0 Å². The second-order valence-electron chi connectivity index (χ2n) is 10.4. The monoisotopic (exact) mass is 579 g/mol. The third-order valence-electron chi connectivity index (χ3n) is 7.37. The maximum absolute atomic E-state index is 13.3. The number of hydrogen-bond acceptors (Lipinski definition) is 5. The maximum Gasteiger partial charge on any atom is 0.316 e. The molecule has 2 atom stereocenters. The van der Waals surface area contributed by atoms with Crippen molar-refractivity contribution in [1.82, 2.24) is 10.2 Å². The smallest absolute Gasteiger partial charge is 0.316 e. The van der Waals surface area contributed by atoms with Gasteiger partial charge in [-0.1, -0.05) is 48.6 Å². The van der Waals surface area contributed by atoms with Crippen molar-refractivity contribution in [3.8, 4) is 11.8 Å². The molecule has 2 aromatic carbocycles. The van der Waals surface area contributed by atoms with E-state index in [0.717, 1.165) is 41.6 Å². The van der Waals surface area contributed by atoms with Gasteiger partial charge in [-0.3, -0.25) is 18.9 Å². The van der Waals surface area contributed by atoms with Crippen molar-refractivity contribution in [3.63, 3.8) is 0 Å². The number of para-hydroxylation sites is 1. The molecule has 0 aromatic heterocycles. The molecule has 0 spiro atoms. The summed E-state index contributed by atoms with van der Waals surface area (Å²) in [6.07, 6.45) is 4.96. The minimum atomic E-state index is -2.98. The zero-order valence-corrected chi connectivity index (χ0v) is 24.3. The molecule has 218 valence electrons. The molecule has 2 aliphatic heterocycles. The van der Waals surface area contributed by atoms with Crippen LogP contribution in [0.4, 0.5) is 5.69 Å². The molecule has 0 saturated carbocycles. The molecule has 0 aliphatic carbocycles. The van der Waals surface area contributed by atoms with E-state index in [0.29, 0.717) is 64.7 Å². The molecule has 0 bridgehead atoms. The molecule has 10 heteroatoms. The number of fused-ring (bicyclic) bond motifs is 2. The molecule has 2 aromatic rings. The van der Waals surface area contributed by atoms with E-state index in [-0.39, 0.29) is 23.8 Å². The van der Waals surface area contributed by atoms with Gasteiger partial charge in [-0.25, -0.2) is 0 Å². The van der Waals surface area contributed by atoms with Gasteiger partial charge >= 0.3 is 8.25 Å². The number of likely N-dealkylation sites (tertiary alicyclic amines) is 1. The number of anilines is 1. The van der Waals surface area contributed by atoms with Crippen LogP contribution in [-0.2, 0) is 30.0 Å². The summed E-state index contributed by atoms with van der Waals surface area (Å²) in [6.45, 7) is 1.94. The number of carbonyl (C=O) groups excluding carboxylic acids is 3. The normalized spacial score (nSPS) is 16.5. The van der Waals surface area contributed by atoms with Crippen molar-refractivity contribution in [1.29, 1.82) is 0 Å². The third kappa shape index (κ3) is 9.29. The lowest BCUT2D eigenvalue weighted by Crippen LogP contribution is -2.31. The van der Waals surface area contributed by atoms with Crippen LogP contribution in [-0.4, -0.2) is 53.3 Å². The first-order chi connectivity index (χ1) is 19.9. The van der Waals surface area contributed by atoms with E-state index in [1.165, 1.54) is 0 Å². The molecule has 1 saturated heterocycles. The molecule has 2 heterocycles. The van der Waals surface area contributed by atoms with Crippen LogP contribution < -0.4 is 10.2 Å². The van der Waals surface area contributed by atoms with Crippen molar-refractivity contribution in [2.75, 3.05) is 24.5 Å². The fourth-order valence-electron chi connectivity index (χ4n) is 5.15. The van der Waals surface area contributed by atoms with Gasteiger partial charge < -0.3 is 24.5 Å². The molecular formula is C31H38N3O6P. The van der Waals surface area contributed by atoms with Crippen LogP contribution in [0.2, 0.25) is 0 Å². The van der Waals surface area contributed by atoms with Crippen LogP contribution >= 0.6 is 8.25 Å². The van der Waals surface area contributed by atoms with E-state index in [9.17, 15) is 18.9 Å². The van der Waals surface area contributed by atoms with Crippen LogP contribution in [0.5, 0.6) is 0 Å². The number of hydrogen-bond donors (Lipinski definition) is 2. The van der Waals surface area contributed by atoms with Crippen molar-refractivity contribution in [3.05, 3.63) is 65.2 Å². The third-order valence-corrected chi connectivity index (χ3v) is 7.91. The van der Waals surface area contributed by atoms with Crippen LogP contribution in [0.25, 0.3) is 0 Å². The van der Waals surface area contributed by atoms with Crippen LogP contribution in [0.15, 0.2) is 48.5 Å². The van der Waals surface area contributed by atoms with Crippen molar-refractivity contribution in [2.45, 2.75) is 70.4 Å². The van der Waals surface area contributed by atoms with Crippen molar-refractivity contribution >= 4 is 31.7 Å². The van der Waals surface area contributed by atoms with Gasteiger partial charge in [-0.05, 0) is 55.9 Å². The van der Waals surface area contributed by atoms with Gasteiger partial charge in [0.15, 0.2) is 0 Å². The minimum absolute atomic E-state index is 0.0206. The van der Waals surface area contributed by atoms with Gasteiger partial charge in [0.05, 0.1) is 18.3 Å². The Morgan fingerprint density at radius 3 is 2.41 bits per heavy atom. The molecular weight excluding hydrogens is 541 g/mol. The Balaban J connectivity index is 1.10. The molecule has 2 aliphatic rings. The highest BCUT2D eigenvalue weighted by atomic mass is 31.1. The summed E-state index contributed by atoms with van der Waals surface area (Å²) in [5, 5.41) is 2.93. The number of carbonyl (C=O) groups is 3. The molecule has 3 amide bonds. The van der Waals surface area contributed by atoms with E-state index < -0.39 is 8.25 Å². The highest BCUT2D eigenvalue weighted by Crippen LogP contribution is 2.27. The predicted octanol–water partition coefficient (Wildman–Crippen LogP) is 4.17. The van der Waals surface area contributed by atoms with Gasteiger partial charge in [0.2, 0.25) is 17.7 Å². The number of nitrogens with one attached hydrogen (secondary N) is 1. The highest BCUT2D eigenvalue weighted by Gasteiger charge is 2.27. The average Bonchev–Trinajstić information content (AvgIpc) is 3.42. The molecule has 41 heavy (non-hydrogen) atoms. The first-order valence-electron chi connectivity index (χ1n) is 14.3. The Bertz CT molecular complexity index is 1320. The Labute approximate surface area is 242 Å². The molecule has 0 radical (unpaired) electrons. The molecule has 2 N–H and O–H groups in total. The fourth-order valence-corrected chi connectivity index (χ4v) is 5.63. The molecule has 1 unspecified atom stereocenters. The lowest BCUT2D eigenvalue weighted by atomic mass is 10.0. The van der Waals surface area contributed by atoms with Crippen LogP contribution in [0.3, 0.4) is 0 Å². The van der Waals surface area contributed by atoms with Crippen LogP contribution in [0, 0.1) is 11.8 Å². The number of nitrogens with zero attached hydrogens (tertiary/aromatic N) is 2. The van der Waals surface area contributed by atoms with Gasteiger partial charge in [0.25, 0.3) is 0 Å². The summed E-state index contributed by atoms with van der Waals surface area (Å²) in [5.41, 5.74) is 3.59. The Kier molecular flexibility index (Phi) is 11.6. The summed E-state index contributed by atoms with van der Waals surface area (Å²) in [5.74, 6) is 6.46. The Morgan fingerprint density at radius 1 is 0.902 bits per heavy atom. The number of benzene rings is 2. The van der Waals surface area contributed by atoms with Gasteiger partial charge in [0, 0.05) is 50.0 Å². The topological polar surface area (TPSA) is 116 Å². The summed E-state index contributed by atoms with van der Waals surface area (Å²) < 4.78 is 15.7. The quantitative estimate of drug-likeness (QED) is 0.209. The standard InChI is InChI=1S/C31H38N3O6P/c35-29(32-20-9-1-2-15-30(36)33-21-19-27(23-33)40-41(38)39)14-7-8-16-31(37)34-22-26-12-4-3-10-24(26)17-18-25-11-5-6-13-28(25)34/h3-6,10-13,27,41H,1-2,7-9,14-16,19-23H2,(H,32,35)(H,38,39)/t27-/m1/s1. The zero-order valence-electron chi connectivity index (χ0n) is 23.3. The van der Waals surface area contributed by atoms with Gasteiger partial charge in [-0.15, -0.1) is 0 Å². The Morgan fingerprint density at radius 2 is 1.59 bits per heavy atom. The van der Waals surface area contributed by atoms with E-state index >= 15 is 0 Å². The molecule has 4 rings (SSSR count). The summed E-state index contributed by atoms with van der Waals surface area (Å²) >= 11 is 0. The maximum atomic E-state index is 13.3. The summed E-state index contributed by atoms with van der Waals surface area (Å²) in [4.78, 5) is 50.2. The fraction of sp³-hybridized carbons (Fsp3) is 0.452. The second kappa shape index (κ2) is 15.5. The van der Waals surface area contributed by atoms with Gasteiger partial charge in [-0.2, -0.15) is 0 Å². The second-order valence-corrected chi connectivity index (χ2v) is 11.2. The largest absolute Gasteiger partial charge is 0.356 e. The first-order valence-corrected chi connectivity index (χ1v) is 15.6. The lowest BCUT2D eigenvalue weighted by Gasteiger charge is -2.26. The minimum Gasteiger partial charge on any atom is -0.356 e. The number of amides is 3. The van der Waals surface area contributed by atoms with Crippen molar-refractivity contribution < 1.29 is 28.4 Å². The predicted molar refractivity (Wildman–Crippen MR) is 157 cm³/mol. The average molecular weight is 580 g/mol. The highest BCUT2D eigenvalue weighted by molar-refractivity contribution is 7.32. The van der Waals surface area contributed by atoms with E-state index in [2.05, 4.69) is 17.2 Å². The zero-order chi connectivity index (χ0) is 29.0. The number of unbranched alkanes of at least 4 members (excludes halogenated alkanes) is 3. The van der Waals surface area contributed by atoms with Crippen molar-refractivity contribution in [2.24, 2.45) is 0 Å². The van der Waals surface area contributed by atoms with Crippen LogP contribution in [0.1, 0.15) is 74.5 Å².